The van der Waals surface area contributed by atoms with E-state index in [9.17, 15) is 9.90 Å². The van der Waals surface area contributed by atoms with Crippen molar-refractivity contribution in [3.8, 4) is 17.2 Å². The van der Waals surface area contributed by atoms with Gasteiger partial charge in [0.1, 0.15) is 0 Å². The number of hydrogen-bond acceptors (Lipinski definition) is 6. The van der Waals surface area contributed by atoms with E-state index >= 15 is 0 Å². The summed E-state index contributed by atoms with van der Waals surface area (Å²) in [6.45, 7) is 1.66. The summed E-state index contributed by atoms with van der Waals surface area (Å²) in [6, 6.07) is 3.19. The molecule has 1 saturated heterocycles. The van der Waals surface area contributed by atoms with Gasteiger partial charge in [-0.05, 0) is 12.1 Å². The lowest BCUT2D eigenvalue weighted by Crippen LogP contribution is -2.34. The van der Waals surface area contributed by atoms with Crippen LogP contribution in [0, 0.1) is 5.92 Å². The third-order valence-corrected chi connectivity index (χ3v) is 3.76. The summed E-state index contributed by atoms with van der Waals surface area (Å²) in [7, 11) is 4.51. The molecule has 0 bridgehead atoms. The number of aliphatic hydroxyl groups is 1. The Hall–Kier alpha value is -1.70. The molecule has 8 heteroatoms. The Kier molecular flexibility index (Phi) is 7.41. The first-order valence-corrected chi connectivity index (χ1v) is 7.07. The third kappa shape index (κ3) is 4.40. The molecule has 3 N–H and O–H groups in total. The second kappa shape index (κ2) is 8.81. The lowest BCUT2D eigenvalue weighted by Gasteiger charge is -2.16. The van der Waals surface area contributed by atoms with Crippen LogP contribution in [0.3, 0.4) is 0 Å². The van der Waals surface area contributed by atoms with Crippen LogP contribution in [-0.4, -0.2) is 58.1 Å². The molecule has 0 saturated carbocycles. The van der Waals surface area contributed by atoms with E-state index < -0.39 is 6.10 Å². The standard InChI is InChI=1S/C15H22N2O5.ClH/c1-20-12-4-9(5-13(21-2)14(12)22-3)15(19)17-7-10-6-16-8-11(10)18;/h4-5,10-11,16,18H,6-8H2,1-3H3,(H,17,19);1H. The number of halogens is 1. The molecule has 2 unspecified atom stereocenters. The van der Waals surface area contributed by atoms with Crippen LogP contribution in [0.5, 0.6) is 17.2 Å². The van der Waals surface area contributed by atoms with Crippen molar-refractivity contribution in [1.82, 2.24) is 10.6 Å². The van der Waals surface area contributed by atoms with Crippen molar-refractivity contribution in [3.63, 3.8) is 0 Å². The van der Waals surface area contributed by atoms with Crippen LogP contribution >= 0.6 is 12.4 Å². The number of nitrogens with one attached hydrogen (secondary N) is 2. The molecule has 0 radical (unpaired) electrons. The molecular formula is C15H23ClN2O5. The number of benzene rings is 1. The molecule has 0 spiro atoms. The van der Waals surface area contributed by atoms with E-state index in [1.54, 1.807) is 12.1 Å². The highest BCUT2D eigenvalue weighted by Crippen LogP contribution is 2.38. The molecular weight excluding hydrogens is 324 g/mol. The van der Waals surface area contributed by atoms with E-state index in [4.69, 9.17) is 14.2 Å². The van der Waals surface area contributed by atoms with Gasteiger partial charge in [0.15, 0.2) is 11.5 Å². The van der Waals surface area contributed by atoms with E-state index in [0.717, 1.165) is 0 Å². The van der Waals surface area contributed by atoms with Crippen molar-refractivity contribution in [2.45, 2.75) is 6.10 Å². The zero-order chi connectivity index (χ0) is 16.1. The second-order valence-electron chi connectivity index (χ2n) is 5.11. The number of methoxy groups -OCH3 is 3. The summed E-state index contributed by atoms with van der Waals surface area (Å²) in [4.78, 5) is 12.3. The number of amides is 1. The highest BCUT2D eigenvalue weighted by atomic mass is 35.5. The maximum Gasteiger partial charge on any atom is 0.251 e. The van der Waals surface area contributed by atoms with Crippen LogP contribution in [-0.2, 0) is 0 Å². The van der Waals surface area contributed by atoms with Gasteiger partial charge in [0.2, 0.25) is 5.75 Å². The summed E-state index contributed by atoms with van der Waals surface area (Å²) in [5, 5.41) is 15.6. The highest BCUT2D eigenvalue weighted by Gasteiger charge is 2.25. The van der Waals surface area contributed by atoms with Gasteiger partial charge in [0, 0.05) is 31.1 Å². The molecule has 1 aliphatic heterocycles. The van der Waals surface area contributed by atoms with Crippen molar-refractivity contribution in [2.75, 3.05) is 41.0 Å². The second-order valence-corrected chi connectivity index (χ2v) is 5.11. The van der Waals surface area contributed by atoms with Crippen molar-refractivity contribution in [3.05, 3.63) is 17.7 Å². The van der Waals surface area contributed by atoms with Crippen LogP contribution in [0.4, 0.5) is 0 Å². The fraction of sp³-hybridized carbons (Fsp3) is 0.533. The number of carbonyl (C=O) groups is 1. The molecule has 2 atom stereocenters. The average Bonchev–Trinajstić information content (AvgIpc) is 2.96. The predicted molar refractivity (Wildman–Crippen MR) is 88.0 cm³/mol. The molecule has 23 heavy (non-hydrogen) atoms. The molecule has 1 aliphatic rings. The van der Waals surface area contributed by atoms with E-state index in [-0.39, 0.29) is 24.2 Å². The van der Waals surface area contributed by atoms with Gasteiger partial charge in [-0.25, -0.2) is 0 Å². The first kappa shape index (κ1) is 19.3. The number of β-amino-alcohol motifs (C(OH)–C–C–N with tert-alkyl or cyclic N) is 1. The number of rotatable bonds is 6. The number of hydrogen-bond donors (Lipinski definition) is 3. The summed E-state index contributed by atoms with van der Waals surface area (Å²) < 4.78 is 15.7. The smallest absolute Gasteiger partial charge is 0.251 e. The number of carbonyl (C=O) groups excluding carboxylic acids is 1. The number of aliphatic hydroxyl groups excluding tert-OH is 1. The van der Waals surface area contributed by atoms with Crippen molar-refractivity contribution in [2.24, 2.45) is 5.92 Å². The third-order valence-electron chi connectivity index (χ3n) is 3.76. The normalized spacial score (nSPS) is 19.7. The van der Waals surface area contributed by atoms with Gasteiger partial charge in [-0.15, -0.1) is 12.4 Å². The predicted octanol–water partition coefficient (Wildman–Crippen LogP) is 0.444. The molecule has 0 aliphatic carbocycles. The molecule has 1 fully saturated rings. The Balaban J connectivity index is 0.00000264. The maximum atomic E-state index is 12.3. The molecule has 7 nitrogen and oxygen atoms in total. The fourth-order valence-electron chi connectivity index (χ4n) is 2.47. The van der Waals surface area contributed by atoms with Gasteiger partial charge in [-0.2, -0.15) is 0 Å². The van der Waals surface area contributed by atoms with Crippen LogP contribution in [0.2, 0.25) is 0 Å². The SMILES string of the molecule is COc1cc(C(=O)NCC2CNCC2O)cc(OC)c1OC.Cl. The maximum absolute atomic E-state index is 12.3. The van der Waals surface area contributed by atoms with E-state index in [2.05, 4.69) is 10.6 Å². The Morgan fingerprint density at radius 1 is 1.22 bits per heavy atom. The van der Waals surface area contributed by atoms with E-state index in [1.807, 2.05) is 0 Å². The average molecular weight is 347 g/mol. The summed E-state index contributed by atoms with van der Waals surface area (Å²) in [5.74, 6) is 1.06. The summed E-state index contributed by atoms with van der Waals surface area (Å²) in [6.07, 6.45) is -0.430. The van der Waals surface area contributed by atoms with Gasteiger partial charge in [-0.1, -0.05) is 0 Å². The van der Waals surface area contributed by atoms with Gasteiger partial charge < -0.3 is 30.0 Å². The Labute approximate surface area is 141 Å². The molecule has 1 aromatic carbocycles. The molecule has 1 heterocycles. The van der Waals surface area contributed by atoms with Crippen molar-refractivity contribution >= 4 is 18.3 Å². The molecule has 0 aromatic heterocycles. The van der Waals surface area contributed by atoms with Crippen LogP contribution < -0.4 is 24.8 Å². The molecule has 1 aromatic rings. The van der Waals surface area contributed by atoms with Crippen LogP contribution in [0.1, 0.15) is 10.4 Å². The minimum Gasteiger partial charge on any atom is -0.493 e. The van der Waals surface area contributed by atoms with Crippen molar-refractivity contribution in [1.29, 1.82) is 0 Å². The van der Waals surface area contributed by atoms with Crippen LogP contribution in [0.25, 0.3) is 0 Å². The van der Waals surface area contributed by atoms with E-state index in [0.29, 0.717) is 42.4 Å². The van der Waals surface area contributed by atoms with Gasteiger partial charge in [-0.3, -0.25) is 4.79 Å². The summed E-state index contributed by atoms with van der Waals surface area (Å²) in [5.41, 5.74) is 0.412. The highest BCUT2D eigenvalue weighted by molar-refractivity contribution is 5.95. The molecule has 1 amide bonds. The molecule has 2 rings (SSSR count). The topological polar surface area (TPSA) is 89.1 Å². The minimum absolute atomic E-state index is 0. The zero-order valence-electron chi connectivity index (χ0n) is 13.4. The quantitative estimate of drug-likeness (QED) is 0.693. The largest absolute Gasteiger partial charge is 0.493 e. The Bertz CT molecular complexity index is 516. The number of ether oxygens (including phenoxy) is 3. The van der Waals surface area contributed by atoms with Crippen LogP contribution in [0.15, 0.2) is 12.1 Å². The monoisotopic (exact) mass is 346 g/mol. The first-order valence-electron chi connectivity index (χ1n) is 7.07. The Morgan fingerprint density at radius 2 is 1.83 bits per heavy atom. The molecule has 130 valence electrons. The minimum atomic E-state index is -0.430. The van der Waals surface area contributed by atoms with E-state index in [1.165, 1.54) is 21.3 Å². The summed E-state index contributed by atoms with van der Waals surface area (Å²) >= 11 is 0. The zero-order valence-corrected chi connectivity index (χ0v) is 14.2. The Morgan fingerprint density at radius 3 is 2.26 bits per heavy atom. The lowest BCUT2D eigenvalue weighted by atomic mass is 10.1. The fourth-order valence-corrected chi connectivity index (χ4v) is 2.47. The first-order chi connectivity index (χ1) is 10.6. The van der Waals surface area contributed by atoms with Gasteiger partial charge in [0.25, 0.3) is 5.91 Å². The lowest BCUT2D eigenvalue weighted by molar-refractivity contribution is 0.0926. The van der Waals surface area contributed by atoms with Crippen molar-refractivity contribution < 1.29 is 24.1 Å². The van der Waals surface area contributed by atoms with Gasteiger partial charge in [0.05, 0.1) is 27.4 Å². The van der Waals surface area contributed by atoms with Gasteiger partial charge >= 0.3 is 0 Å².